The molecule has 3 heteroatoms. The summed E-state index contributed by atoms with van der Waals surface area (Å²) in [6, 6.07) is 8.92. The van der Waals surface area contributed by atoms with Crippen molar-refractivity contribution in [2.45, 2.75) is 25.8 Å². The van der Waals surface area contributed by atoms with Gasteiger partial charge in [-0.15, -0.1) is 0 Å². The fourth-order valence-electron chi connectivity index (χ4n) is 2.32. The van der Waals surface area contributed by atoms with E-state index in [-0.39, 0.29) is 0 Å². The van der Waals surface area contributed by atoms with Crippen molar-refractivity contribution in [1.29, 1.82) is 0 Å². The zero-order valence-electron chi connectivity index (χ0n) is 10.0. The van der Waals surface area contributed by atoms with E-state index in [9.17, 15) is 0 Å². The van der Waals surface area contributed by atoms with Crippen LogP contribution in [0.15, 0.2) is 30.5 Å². The highest BCUT2D eigenvalue weighted by Crippen LogP contribution is 2.24. The van der Waals surface area contributed by atoms with Gasteiger partial charge in [0.2, 0.25) is 0 Å². The Morgan fingerprint density at radius 1 is 1.24 bits per heavy atom. The van der Waals surface area contributed by atoms with Crippen molar-refractivity contribution in [1.82, 2.24) is 15.3 Å². The van der Waals surface area contributed by atoms with Gasteiger partial charge < -0.3 is 10.3 Å². The summed E-state index contributed by atoms with van der Waals surface area (Å²) in [5.74, 6) is 0.966. The van der Waals surface area contributed by atoms with E-state index in [1.165, 1.54) is 24.1 Å². The van der Waals surface area contributed by atoms with E-state index < -0.39 is 0 Å². The standard InChI is InChI=1S/C14H17N3/c1-10-4-6-11(7-5-10)14-16-9-13(17-14)12-3-2-8-15-12/h4-7,9,12,15H,2-3,8H2,1H3,(H,16,17). The molecule has 2 heterocycles. The molecule has 1 atom stereocenters. The summed E-state index contributed by atoms with van der Waals surface area (Å²) < 4.78 is 0. The van der Waals surface area contributed by atoms with Crippen molar-refractivity contribution < 1.29 is 0 Å². The molecular formula is C14H17N3. The Labute approximate surface area is 101 Å². The van der Waals surface area contributed by atoms with Crippen LogP contribution in [0.3, 0.4) is 0 Å². The van der Waals surface area contributed by atoms with Gasteiger partial charge in [-0.2, -0.15) is 0 Å². The lowest BCUT2D eigenvalue weighted by Crippen LogP contribution is -2.12. The van der Waals surface area contributed by atoms with Gasteiger partial charge in [-0.25, -0.2) is 4.98 Å². The minimum atomic E-state index is 0.460. The molecule has 1 aliphatic heterocycles. The predicted octanol–water partition coefficient (Wildman–Crippen LogP) is 2.81. The summed E-state index contributed by atoms with van der Waals surface area (Å²) in [7, 11) is 0. The maximum absolute atomic E-state index is 4.47. The largest absolute Gasteiger partial charge is 0.341 e. The van der Waals surface area contributed by atoms with Gasteiger partial charge in [-0.1, -0.05) is 29.8 Å². The Morgan fingerprint density at radius 3 is 2.76 bits per heavy atom. The first-order valence-electron chi connectivity index (χ1n) is 6.18. The van der Waals surface area contributed by atoms with Crippen molar-refractivity contribution in [3.8, 4) is 11.4 Å². The lowest BCUT2D eigenvalue weighted by atomic mass is 10.1. The Hall–Kier alpha value is -1.61. The SMILES string of the molecule is Cc1ccc(-c2ncc(C3CCCN3)[nH]2)cc1. The Morgan fingerprint density at radius 2 is 2.06 bits per heavy atom. The third kappa shape index (κ3) is 2.11. The van der Waals surface area contributed by atoms with E-state index in [2.05, 4.69) is 46.5 Å². The van der Waals surface area contributed by atoms with E-state index in [1.54, 1.807) is 0 Å². The molecule has 1 aliphatic rings. The molecule has 0 saturated carbocycles. The van der Waals surface area contributed by atoms with Crippen LogP contribution >= 0.6 is 0 Å². The average molecular weight is 227 g/mol. The van der Waals surface area contributed by atoms with Gasteiger partial charge in [0.1, 0.15) is 5.82 Å². The maximum Gasteiger partial charge on any atom is 0.137 e. The number of H-pyrrole nitrogens is 1. The van der Waals surface area contributed by atoms with E-state index in [1.807, 2.05) is 6.20 Å². The zero-order chi connectivity index (χ0) is 11.7. The van der Waals surface area contributed by atoms with Crippen LogP contribution in [0.25, 0.3) is 11.4 Å². The first kappa shape index (κ1) is 10.5. The molecule has 1 aromatic heterocycles. The molecule has 1 aromatic carbocycles. The van der Waals surface area contributed by atoms with Gasteiger partial charge in [0, 0.05) is 11.6 Å². The lowest BCUT2D eigenvalue weighted by molar-refractivity contribution is 0.632. The molecular weight excluding hydrogens is 210 g/mol. The monoisotopic (exact) mass is 227 g/mol. The number of hydrogen-bond donors (Lipinski definition) is 2. The first-order valence-corrected chi connectivity index (χ1v) is 6.18. The maximum atomic E-state index is 4.47. The number of hydrogen-bond acceptors (Lipinski definition) is 2. The number of rotatable bonds is 2. The molecule has 1 saturated heterocycles. The summed E-state index contributed by atoms with van der Waals surface area (Å²) in [5.41, 5.74) is 3.64. The van der Waals surface area contributed by atoms with E-state index in [0.29, 0.717) is 6.04 Å². The van der Waals surface area contributed by atoms with Crippen LogP contribution in [0.1, 0.15) is 30.1 Å². The average Bonchev–Trinajstić information content (AvgIpc) is 3.00. The van der Waals surface area contributed by atoms with Crippen molar-refractivity contribution in [3.05, 3.63) is 41.7 Å². The van der Waals surface area contributed by atoms with Gasteiger partial charge in [-0.05, 0) is 26.3 Å². The highest BCUT2D eigenvalue weighted by Gasteiger charge is 2.18. The summed E-state index contributed by atoms with van der Waals surface area (Å²) in [6.45, 7) is 3.21. The fourth-order valence-corrected chi connectivity index (χ4v) is 2.32. The number of imidazole rings is 1. The number of aryl methyl sites for hydroxylation is 1. The molecule has 1 unspecified atom stereocenters. The second-order valence-electron chi connectivity index (χ2n) is 4.70. The number of aromatic amines is 1. The quantitative estimate of drug-likeness (QED) is 0.828. The molecule has 0 aliphatic carbocycles. The molecule has 17 heavy (non-hydrogen) atoms. The number of aromatic nitrogens is 2. The molecule has 0 amide bonds. The van der Waals surface area contributed by atoms with E-state index in [0.717, 1.165) is 17.9 Å². The Balaban J connectivity index is 1.86. The topological polar surface area (TPSA) is 40.7 Å². The second kappa shape index (κ2) is 4.34. The summed E-state index contributed by atoms with van der Waals surface area (Å²) in [5, 5.41) is 3.48. The third-order valence-corrected chi connectivity index (χ3v) is 3.36. The third-order valence-electron chi connectivity index (χ3n) is 3.36. The molecule has 2 N–H and O–H groups in total. The summed E-state index contributed by atoms with van der Waals surface area (Å²) in [6.07, 6.45) is 4.41. The van der Waals surface area contributed by atoms with Crippen LogP contribution in [-0.4, -0.2) is 16.5 Å². The van der Waals surface area contributed by atoms with Gasteiger partial charge in [0.05, 0.1) is 11.9 Å². The van der Waals surface area contributed by atoms with Crippen LogP contribution in [0, 0.1) is 6.92 Å². The van der Waals surface area contributed by atoms with E-state index in [4.69, 9.17) is 0 Å². The van der Waals surface area contributed by atoms with Crippen molar-refractivity contribution in [2.75, 3.05) is 6.54 Å². The molecule has 2 aromatic rings. The molecule has 0 spiro atoms. The lowest BCUT2D eigenvalue weighted by Gasteiger charge is -2.06. The fraction of sp³-hybridized carbons (Fsp3) is 0.357. The second-order valence-corrected chi connectivity index (χ2v) is 4.70. The molecule has 0 radical (unpaired) electrons. The highest BCUT2D eigenvalue weighted by atomic mass is 15.0. The molecule has 3 nitrogen and oxygen atoms in total. The minimum Gasteiger partial charge on any atom is -0.341 e. The minimum absolute atomic E-state index is 0.460. The Bertz CT molecular complexity index is 492. The van der Waals surface area contributed by atoms with Crippen LogP contribution in [0.5, 0.6) is 0 Å². The summed E-state index contributed by atoms with van der Waals surface area (Å²) >= 11 is 0. The molecule has 0 bridgehead atoms. The highest BCUT2D eigenvalue weighted by molar-refractivity contribution is 5.55. The van der Waals surface area contributed by atoms with Gasteiger partial charge in [0.25, 0.3) is 0 Å². The van der Waals surface area contributed by atoms with Crippen LogP contribution in [-0.2, 0) is 0 Å². The van der Waals surface area contributed by atoms with Crippen molar-refractivity contribution >= 4 is 0 Å². The van der Waals surface area contributed by atoms with Crippen LogP contribution < -0.4 is 5.32 Å². The molecule has 1 fully saturated rings. The zero-order valence-corrected chi connectivity index (χ0v) is 10.0. The Kier molecular flexibility index (Phi) is 2.69. The normalized spacial score (nSPS) is 19.7. The number of nitrogens with one attached hydrogen (secondary N) is 2. The number of nitrogens with zero attached hydrogens (tertiary/aromatic N) is 1. The van der Waals surface area contributed by atoms with Crippen molar-refractivity contribution in [2.24, 2.45) is 0 Å². The van der Waals surface area contributed by atoms with Crippen molar-refractivity contribution in [3.63, 3.8) is 0 Å². The molecule has 3 rings (SSSR count). The molecule has 88 valence electrons. The van der Waals surface area contributed by atoms with Gasteiger partial charge >= 0.3 is 0 Å². The number of benzene rings is 1. The predicted molar refractivity (Wildman–Crippen MR) is 68.7 cm³/mol. The summed E-state index contributed by atoms with van der Waals surface area (Å²) in [4.78, 5) is 7.88. The van der Waals surface area contributed by atoms with Gasteiger partial charge in [0.15, 0.2) is 0 Å². The van der Waals surface area contributed by atoms with Crippen LogP contribution in [0.4, 0.5) is 0 Å². The van der Waals surface area contributed by atoms with Crippen LogP contribution in [0.2, 0.25) is 0 Å². The first-order chi connectivity index (χ1) is 8.33. The smallest absolute Gasteiger partial charge is 0.137 e. The van der Waals surface area contributed by atoms with E-state index >= 15 is 0 Å². The van der Waals surface area contributed by atoms with Gasteiger partial charge in [-0.3, -0.25) is 0 Å².